The predicted octanol–water partition coefficient (Wildman–Crippen LogP) is 3.04. The van der Waals surface area contributed by atoms with Crippen molar-refractivity contribution < 1.29 is 0 Å². The summed E-state index contributed by atoms with van der Waals surface area (Å²) in [5.74, 6) is 0.606. The maximum absolute atomic E-state index is 8.52. The largest absolute Gasteiger partial charge is 0.198 e. The lowest BCUT2D eigenvalue weighted by Crippen LogP contribution is -1.97. The molecule has 0 aromatic rings. The zero-order valence-corrected chi connectivity index (χ0v) is 6.97. The lowest BCUT2D eigenvalue weighted by Gasteiger charge is -2.08. The van der Waals surface area contributed by atoms with Crippen molar-refractivity contribution in [2.75, 3.05) is 0 Å². The van der Waals surface area contributed by atoms with Gasteiger partial charge in [0.05, 0.1) is 6.07 Å². The van der Waals surface area contributed by atoms with Gasteiger partial charge >= 0.3 is 0 Å². The molecular formula is C10H15N. The zero-order chi connectivity index (χ0) is 8.10. The summed E-state index contributed by atoms with van der Waals surface area (Å²) < 4.78 is 0. The second-order valence-electron chi connectivity index (χ2n) is 3.43. The highest BCUT2D eigenvalue weighted by Crippen LogP contribution is 2.27. The molecule has 0 heterocycles. The van der Waals surface area contributed by atoms with Crippen molar-refractivity contribution in [3.63, 3.8) is 0 Å². The number of nitrogens with zero attached hydrogens (tertiary/aromatic N) is 1. The predicted molar refractivity (Wildman–Crippen MR) is 45.9 cm³/mol. The highest BCUT2D eigenvalue weighted by Gasteiger charge is 2.13. The summed E-state index contributed by atoms with van der Waals surface area (Å²) >= 11 is 0. The topological polar surface area (TPSA) is 23.8 Å². The standard InChI is InChI=1S/C10H15N/c1-9-4-2-3-5-10(8-9)6-7-11/h10H,1-6,8H2. The third-order valence-electron chi connectivity index (χ3n) is 2.35. The SMILES string of the molecule is C=C1CCCCC(CC#N)C1. The van der Waals surface area contributed by atoms with Crippen molar-refractivity contribution in [1.29, 1.82) is 5.26 Å². The monoisotopic (exact) mass is 149 g/mol. The van der Waals surface area contributed by atoms with E-state index < -0.39 is 0 Å². The molecule has 1 rings (SSSR count). The van der Waals surface area contributed by atoms with Gasteiger partial charge in [0.25, 0.3) is 0 Å². The van der Waals surface area contributed by atoms with Crippen molar-refractivity contribution in [2.24, 2.45) is 5.92 Å². The first-order chi connectivity index (χ1) is 5.33. The minimum atomic E-state index is 0.606. The van der Waals surface area contributed by atoms with Crippen LogP contribution in [0.2, 0.25) is 0 Å². The Bertz CT molecular complexity index is 176. The van der Waals surface area contributed by atoms with E-state index in [-0.39, 0.29) is 0 Å². The Morgan fingerprint density at radius 3 is 3.09 bits per heavy atom. The maximum atomic E-state index is 8.52. The van der Waals surface area contributed by atoms with Gasteiger partial charge in [-0.3, -0.25) is 0 Å². The molecule has 0 N–H and O–H groups in total. The Kier molecular flexibility index (Phi) is 3.16. The quantitative estimate of drug-likeness (QED) is 0.415. The summed E-state index contributed by atoms with van der Waals surface area (Å²) in [5.41, 5.74) is 1.35. The number of hydrogen-bond acceptors (Lipinski definition) is 1. The highest BCUT2D eigenvalue weighted by molar-refractivity contribution is 4.98. The van der Waals surface area contributed by atoms with Crippen LogP contribution in [0.4, 0.5) is 0 Å². The van der Waals surface area contributed by atoms with Gasteiger partial charge in [0.1, 0.15) is 0 Å². The van der Waals surface area contributed by atoms with E-state index in [2.05, 4.69) is 12.6 Å². The molecule has 1 atom stereocenters. The van der Waals surface area contributed by atoms with E-state index in [4.69, 9.17) is 5.26 Å². The van der Waals surface area contributed by atoms with Gasteiger partial charge in [-0.25, -0.2) is 0 Å². The van der Waals surface area contributed by atoms with Crippen LogP contribution in [0.3, 0.4) is 0 Å². The molecule has 1 heteroatoms. The van der Waals surface area contributed by atoms with Crippen LogP contribution in [0.5, 0.6) is 0 Å². The van der Waals surface area contributed by atoms with Crippen LogP contribution in [-0.2, 0) is 0 Å². The second-order valence-corrected chi connectivity index (χ2v) is 3.43. The van der Waals surface area contributed by atoms with E-state index in [1.54, 1.807) is 0 Å². The van der Waals surface area contributed by atoms with Crippen LogP contribution in [0, 0.1) is 17.2 Å². The molecule has 0 amide bonds. The molecule has 0 saturated heterocycles. The van der Waals surface area contributed by atoms with Crippen molar-refractivity contribution in [3.8, 4) is 6.07 Å². The third-order valence-corrected chi connectivity index (χ3v) is 2.35. The molecule has 0 aromatic heterocycles. The summed E-state index contributed by atoms with van der Waals surface area (Å²) in [6.45, 7) is 4.00. The minimum Gasteiger partial charge on any atom is -0.198 e. The van der Waals surface area contributed by atoms with E-state index in [0.717, 1.165) is 12.8 Å². The Morgan fingerprint density at radius 2 is 2.36 bits per heavy atom. The summed E-state index contributed by atoms with van der Waals surface area (Å²) in [4.78, 5) is 0. The molecule has 60 valence electrons. The van der Waals surface area contributed by atoms with Gasteiger partial charge in [-0.15, -0.1) is 0 Å². The lowest BCUT2D eigenvalue weighted by atomic mass is 9.96. The van der Waals surface area contributed by atoms with Gasteiger partial charge in [-0.1, -0.05) is 18.6 Å². The number of hydrogen-bond donors (Lipinski definition) is 0. The molecular weight excluding hydrogens is 134 g/mol. The molecule has 1 saturated carbocycles. The van der Waals surface area contributed by atoms with E-state index in [1.165, 1.54) is 31.3 Å². The fourth-order valence-electron chi connectivity index (χ4n) is 1.72. The summed E-state index contributed by atoms with van der Waals surface area (Å²) in [6, 6.07) is 2.24. The van der Waals surface area contributed by atoms with Gasteiger partial charge in [0.15, 0.2) is 0 Å². The van der Waals surface area contributed by atoms with Crippen LogP contribution >= 0.6 is 0 Å². The first-order valence-corrected chi connectivity index (χ1v) is 4.36. The van der Waals surface area contributed by atoms with Crippen molar-refractivity contribution >= 4 is 0 Å². The van der Waals surface area contributed by atoms with Gasteiger partial charge < -0.3 is 0 Å². The molecule has 1 aliphatic carbocycles. The molecule has 0 aromatic carbocycles. The minimum absolute atomic E-state index is 0.606. The van der Waals surface area contributed by atoms with Gasteiger partial charge in [-0.2, -0.15) is 5.26 Å². The van der Waals surface area contributed by atoms with Crippen LogP contribution < -0.4 is 0 Å². The number of rotatable bonds is 1. The Morgan fingerprint density at radius 1 is 1.55 bits per heavy atom. The second kappa shape index (κ2) is 4.18. The molecule has 0 spiro atoms. The van der Waals surface area contributed by atoms with Crippen LogP contribution in [-0.4, -0.2) is 0 Å². The van der Waals surface area contributed by atoms with Crippen LogP contribution in [0.1, 0.15) is 38.5 Å². The van der Waals surface area contributed by atoms with E-state index in [9.17, 15) is 0 Å². The van der Waals surface area contributed by atoms with E-state index >= 15 is 0 Å². The van der Waals surface area contributed by atoms with E-state index in [1.807, 2.05) is 0 Å². The van der Waals surface area contributed by atoms with Crippen molar-refractivity contribution in [1.82, 2.24) is 0 Å². The number of nitriles is 1. The van der Waals surface area contributed by atoms with Crippen LogP contribution in [0.25, 0.3) is 0 Å². The molecule has 1 fully saturated rings. The van der Waals surface area contributed by atoms with Crippen molar-refractivity contribution in [3.05, 3.63) is 12.2 Å². The zero-order valence-electron chi connectivity index (χ0n) is 6.97. The molecule has 1 nitrogen and oxygen atoms in total. The first kappa shape index (κ1) is 8.33. The third kappa shape index (κ3) is 2.76. The Hall–Kier alpha value is -0.770. The molecule has 0 radical (unpaired) electrons. The molecule has 0 aliphatic heterocycles. The highest BCUT2D eigenvalue weighted by atomic mass is 14.3. The molecule has 11 heavy (non-hydrogen) atoms. The van der Waals surface area contributed by atoms with Crippen LogP contribution in [0.15, 0.2) is 12.2 Å². The molecule has 1 aliphatic rings. The normalized spacial score (nSPS) is 25.7. The summed E-state index contributed by atoms with van der Waals surface area (Å²) in [5, 5.41) is 8.52. The average molecular weight is 149 g/mol. The fraction of sp³-hybridized carbons (Fsp3) is 0.700. The van der Waals surface area contributed by atoms with Gasteiger partial charge in [0.2, 0.25) is 0 Å². The summed E-state index contributed by atoms with van der Waals surface area (Å²) in [6.07, 6.45) is 6.78. The molecule has 0 bridgehead atoms. The summed E-state index contributed by atoms with van der Waals surface area (Å²) in [7, 11) is 0. The maximum Gasteiger partial charge on any atom is 0.0624 e. The van der Waals surface area contributed by atoms with E-state index in [0.29, 0.717) is 5.92 Å². The Labute approximate surface area is 68.7 Å². The fourth-order valence-corrected chi connectivity index (χ4v) is 1.72. The first-order valence-electron chi connectivity index (χ1n) is 4.36. The Balaban J connectivity index is 2.40. The molecule has 1 unspecified atom stereocenters. The lowest BCUT2D eigenvalue weighted by molar-refractivity contribution is 0.495. The van der Waals surface area contributed by atoms with Crippen molar-refractivity contribution in [2.45, 2.75) is 38.5 Å². The van der Waals surface area contributed by atoms with Gasteiger partial charge in [0, 0.05) is 6.42 Å². The van der Waals surface area contributed by atoms with Gasteiger partial charge in [-0.05, 0) is 31.6 Å². The average Bonchev–Trinajstić information content (AvgIpc) is 2.15. The number of allylic oxidation sites excluding steroid dienone is 1. The smallest absolute Gasteiger partial charge is 0.0624 e.